The van der Waals surface area contributed by atoms with E-state index in [1.165, 1.54) is 0 Å². The molecule has 1 heterocycles. The van der Waals surface area contributed by atoms with E-state index in [4.69, 9.17) is 16.3 Å². The number of benzene rings is 2. The molecule has 3 aromatic rings. The highest BCUT2D eigenvalue weighted by Crippen LogP contribution is 2.25. The quantitative estimate of drug-likeness (QED) is 0.474. The number of nitrogens with zero attached hydrogens (tertiary/aromatic N) is 1. The summed E-state index contributed by atoms with van der Waals surface area (Å²) in [6.07, 6.45) is 4.12. The molecular weight excluding hydrogens is 322 g/mol. The Hall–Kier alpha value is -2.65. The third kappa shape index (κ3) is 3.63. The molecule has 0 unspecified atom stereocenters. The molecule has 0 amide bonds. The molecule has 0 aliphatic heterocycles. The summed E-state index contributed by atoms with van der Waals surface area (Å²) < 4.78 is 5.37. The van der Waals surface area contributed by atoms with Gasteiger partial charge in [-0.25, -0.2) is 4.98 Å². The summed E-state index contributed by atoms with van der Waals surface area (Å²) in [7, 11) is 0. The lowest BCUT2D eigenvalue weighted by Crippen LogP contribution is -2.06. The minimum absolute atomic E-state index is 0.277. The predicted octanol–water partition coefficient (Wildman–Crippen LogP) is 5.37. The van der Waals surface area contributed by atoms with Crippen LogP contribution in [-0.2, 0) is 4.79 Å². The van der Waals surface area contributed by atoms with E-state index in [-0.39, 0.29) is 5.97 Å². The first-order valence-corrected chi connectivity index (χ1v) is 8.08. The maximum Gasteiger partial charge on any atom is 0.310 e. The average Bonchev–Trinajstić information content (AvgIpc) is 2.61. The second-order valence-corrected chi connectivity index (χ2v) is 5.65. The van der Waals surface area contributed by atoms with Crippen molar-refractivity contribution in [1.82, 2.24) is 4.98 Å². The average molecular weight is 338 g/mol. The minimum atomic E-state index is -0.277. The van der Waals surface area contributed by atoms with E-state index in [2.05, 4.69) is 4.98 Å². The Balaban J connectivity index is 1.97. The van der Waals surface area contributed by atoms with Gasteiger partial charge in [0.15, 0.2) is 5.75 Å². The summed E-state index contributed by atoms with van der Waals surface area (Å²) in [6, 6.07) is 17.0. The highest BCUT2D eigenvalue weighted by molar-refractivity contribution is 6.32. The molecule has 0 radical (unpaired) electrons. The number of ether oxygens (including phenoxy) is 1. The van der Waals surface area contributed by atoms with E-state index < -0.39 is 0 Å². The Kier molecular flexibility index (Phi) is 4.92. The number of para-hydroxylation sites is 1. The van der Waals surface area contributed by atoms with Gasteiger partial charge in [0, 0.05) is 16.8 Å². The number of pyridine rings is 1. The number of carbonyl (C=O) groups is 1. The van der Waals surface area contributed by atoms with Crippen LogP contribution >= 0.6 is 11.6 Å². The van der Waals surface area contributed by atoms with Crippen LogP contribution in [0.15, 0.2) is 54.6 Å². The molecule has 3 rings (SSSR count). The van der Waals surface area contributed by atoms with Crippen molar-refractivity contribution in [3.05, 3.63) is 70.9 Å². The predicted molar refractivity (Wildman–Crippen MR) is 98.0 cm³/mol. The van der Waals surface area contributed by atoms with Crippen LogP contribution in [-0.4, -0.2) is 11.0 Å². The summed E-state index contributed by atoms with van der Waals surface area (Å²) in [5.41, 5.74) is 2.36. The zero-order valence-electron chi connectivity index (χ0n) is 13.2. The lowest BCUT2D eigenvalue weighted by Gasteiger charge is -2.07. The number of halogens is 1. The first-order chi connectivity index (χ1) is 11.7. The second kappa shape index (κ2) is 7.28. The van der Waals surface area contributed by atoms with Crippen LogP contribution < -0.4 is 4.74 Å². The Morgan fingerprint density at radius 3 is 2.71 bits per heavy atom. The minimum Gasteiger partial charge on any atom is -0.424 e. The molecule has 0 atom stereocenters. The molecule has 0 spiro atoms. The first-order valence-electron chi connectivity index (χ1n) is 7.70. The lowest BCUT2D eigenvalue weighted by atomic mass is 10.1. The SMILES string of the molecule is CCC(=O)Oc1cccc2ccc(C=Cc3ccccc3Cl)nc12. The van der Waals surface area contributed by atoms with Crippen molar-refractivity contribution < 1.29 is 9.53 Å². The smallest absolute Gasteiger partial charge is 0.310 e. The number of aromatic nitrogens is 1. The van der Waals surface area contributed by atoms with Gasteiger partial charge in [0.05, 0.1) is 5.69 Å². The highest BCUT2D eigenvalue weighted by atomic mass is 35.5. The second-order valence-electron chi connectivity index (χ2n) is 5.25. The molecule has 0 fully saturated rings. The summed E-state index contributed by atoms with van der Waals surface area (Å²) in [5.74, 6) is 0.202. The molecular formula is C20H16ClNO2. The van der Waals surface area contributed by atoms with Crippen LogP contribution in [0.4, 0.5) is 0 Å². The molecule has 2 aromatic carbocycles. The van der Waals surface area contributed by atoms with Crippen molar-refractivity contribution in [3.8, 4) is 5.75 Å². The lowest BCUT2D eigenvalue weighted by molar-refractivity contribution is -0.133. The van der Waals surface area contributed by atoms with Crippen LogP contribution in [0, 0.1) is 0 Å². The fourth-order valence-electron chi connectivity index (χ4n) is 2.29. The maximum atomic E-state index is 11.6. The van der Waals surface area contributed by atoms with Crippen molar-refractivity contribution in [2.45, 2.75) is 13.3 Å². The monoisotopic (exact) mass is 337 g/mol. The first kappa shape index (κ1) is 16.2. The molecule has 3 nitrogen and oxygen atoms in total. The zero-order valence-corrected chi connectivity index (χ0v) is 14.0. The standard InChI is InChI=1S/C20H16ClNO2/c1-2-19(23)24-18-9-5-7-15-11-13-16(22-20(15)18)12-10-14-6-3-4-8-17(14)21/h3-13H,2H2,1H3. The van der Waals surface area contributed by atoms with Crippen molar-refractivity contribution in [2.24, 2.45) is 0 Å². The van der Waals surface area contributed by atoms with E-state index in [0.717, 1.165) is 16.6 Å². The number of hydrogen-bond donors (Lipinski definition) is 0. The van der Waals surface area contributed by atoms with Crippen molar-refractivity contribution in [2.75, 3.05) is 0 Å². The van der Waals surface area contributed by atoms with Crippen molar-refractivity contribution in [1.29, 1.82) is 0 Å². The fourth-order valence-corrected chi connectivity index (χ4v) is 2.49. The molecule has 0 bridgehead atoms. The molecule has 0 aliphatic rings. The molecule has 4 heteroatoms. The van der Waals surface area contributed by atoms with Gasteiger partial charge in [-0.1, -0.05) is 61.0 Å². The van der Waals surface area contributed by atoms with Crippen LogP contribution in [0.5, 0.6) is 5.75 Å². The van der Waals surface area contributed by atoms with Gasteiger partial charge in [-0.3, -0.25) is 4.79 Å². The summed E-state index contributed by atoms with van der Waals surface area (Å²) in [5, 5.41) is 1.61. The maximum absolute atomic E-state index is 11.6. The molecule has 0 saturated heterocycles. The van der Waals surface area contributed by atoms with Crippen molar-refractivity contribution >= 4 is 40.6 Å². The van der Waals surface area contributed by atoms with Crippen molar-refractivity contribution in [3.63, 3.8) is 0 Å². The van der Waals surface area contributed by atoms with Gasteiger partial charge in [-0.05, 0) is 29.8 Å². The van der Waals surface area contributed by atoms with Gasteiger partial charge >= 0.3 is 5.97 Å². The van der Waals surface area contributed by atoms with Crippen LogP contribution in [0.25, 0.3) is 23.1 Å². The van der Waals surface area contributed by atoms with E-state index in [0.29, 0.717) is 22.7 Å². The Morgan fingerprint density at radius 2 is 1.92 bits per heavy atom. The highest BCUT2D eigenvalue weighted by Gasteiger charge is 2.08. The number of esters is 1. The van der Waals surface area contributed by atoms with Crippen LogP contribution in [0.1, 0.15) is 24.6 Å². The Morgan fingerprint density at radius 1 is 1.08 bits per heavy atom. The topological polar surface area (TPSA) is 39.2 Å². The summed E-state index contributed by atoms with van der Waals surface area (Å²) in [4.78, 5) is 16.2. The third-order valence-electron chi connectivity index (χ3n) is 3.56. The third-order valence-corrected chi connectivity index (χ3v) is 3.90. The number of rotatable bonds is 4. The van der Waals surface area contributed by atoms with Crippen LogP contribution in [0.2, 0.25) is 5.02 Å². The Bertz CT molecular complexity index is 918. The van der Waals surface area contributed by atoms with Crippen LogP contribution in [0.3, 0.4) is 0 Å². The largest absolute Gasteiger partial charge is 0.424 e. The Labute approximate surface area is 145 Å². The van der Waals surface area contributed by atoms with E-state index in [1.54, 1.807) is 13.0 Å². The van der Waals surface area contributed by atoms with Gasteiger partial charge in [0.25, 0.3) is 0 Å². The van der Waals surface area contributed by atoms with Gasteiger partial charge in [-0.2, -0.15) is 0 Å². The molecule has 1 aromatic heterocycles. The molecule has 24 heavy (non-hydrogen) atoms. The molecule has 0 N–H and O–H groups in total. The molecule has 0 saturated carbocycles. The zero-order chi connectivity index (χ0) is 16.9. The van der Waals surface area contributed by atoms with Gasteiger partial charge < -0.3 is 4.74 Å². The number of carbonyl (C=O) groups excluding carboxylic acids is 1. The summed E-state index contributed by atoms with van der Waals surface area (Å²) >= 11 is 6.15. The van der Waals surface area contributed by atoms with E-state index in [1.807, 2.05) is 60.7 Å². The van der Waals surface area contributed by atoms with E-state index in [9.17, 15) is 4.79 Å². The molecule has 120 valence electrons. The number of fused-ring (bicyclic) bond motifs is 1. The fraction of sp³-hybridized carbons (Fsp3) is 0.100. The van der Waals surface area contributed by atoms with E-state index >= 15 is 0 Å². The van der Waals surface area contributed by atoms with Gasteiger partial charge in [-0.15, -0.1) is 0 Å². The normalized spacial score (nSPS) is 11.1. The molecule has 0 aliphatic carbocycles. The summed E-state index contributed by atoms with van der Waals surface area (Å²) in [6.45, 7) is 1.76. The van der Waals surface area contributed by atoms with Gasteiger partial charge in [0.1, 0.15) is 5.52 Å². The van der Waals surface area contributed by atoms with Gasteiger partial charge in [0.2, 0.25) is 0 Å². The number of hydrogen-bond acceptors (Lipinski definition) is 3.